The van der Waals surface area contributed by atoms with E-state index in [1.165, 1.54) is 5.56 Å². The molecule has 0 aromatic heterocycles. The highest BCUT2D eigenvalue weighted by Gasteiger charge is 2.34. The number of hydrogen-bond acceptors (Lipinski definition) is 1. The molecule has 0 aliphatic rings. The summed E-state index contributed by atoms with van der Waals surface area (Å²) >= 11 is 0.636. The van der Waals surface area contributed by atoms with Gasteiger partial charge in [-0.2, -0.15) is 0 Å². The SMILES string of the molecule is Cc1ccc(C(C)(C)[S+]=O)cc1. The lowest BCUT2D eigenvalue weighted by atomic mass is 10.0. The molecule has 1 rings (SSSR count). The largest absolute Gasteiger partial charge is 0.469 e. The van der Waals surface area contributed by atoms with Crippen molar-refractivity contribution in [2.24, 2.45) is 0 Å². The number of benzene rings is 1. The van der Waals surface area contributed by atoms with Crippen molar-refractivity contribution in [2.75, 3.05) is 0 Å². The van der Waals surface area contributed by atoms with E-state index in [0.29, 0.717) is 11.7 Å². The lowest BCUT2D eigenvalue weighted by Gasteiger charge is -2.05. The molecule has 0 heterocycles. The average molecular weight is 181 g/mol. The van der Waals surface area contributed by atoms with E-state index in [0.717, 1.165) is 5.56 Å². The smallest absolute Gasteiger partial charge is 0.0588 e. The van der Waals surface area contributed by atoms with Gasteiger partial charge >= 0.3 is 11.7 Å². The Morgan fingerprint density at radius 3 is 2.08 bits per heavy atom. The van der Waals surface area contributed by atoms with Gasteiger partial charge in [0.05, 0.1) is 0 Å². The van der Waals surface area contributed by atoms with E-state index < -0.39 is 0 Å². The van der Waals surface area contributed by atoms with Crippen LogP contribution in [-0.2, 0) is 20.6 Å². The highest BCUT2D eigenvalue weighted by molar-refractivity contribution is 7.66. The standard InChI is InChI=1S/C10H13OS/c1-8-4-6-9(7-5-8)10(2,3)12-11/h4-7H,1-3H3/q+1. The van der Waals surface area contributed by atoms with Gasteiger partial charge in [0.1, 0.15) is 0 Å². The van der Waals surface area contributed by atoms with Crippen LogP contribution in [0.3, 0.4) is 0 Å². The first-order valence-corrected chi connectivity index (χ1v) is 4.68. The average Bonchev–Trinajstić information content (AvgIpc) is 2.05. The van der Waals surface area contributed by atoms with E-state index in [2.05, 4.69) is 0 Å². The van der Waals surface area contributed by atoms with Crippen LogP contribution < -0.4 is 0 Å². The van der Waals surface area contributed by atoms with Crippen LogP contribution in [0.25, 0.3) is 0 Å². The molecule has 12 heavy (non-hydrogen) atoms. The molecule has 1 nitrogen and oxygen atoms in total. The predicted molar refractivity (Wildman–Crippen MR) is 52.3 cm³/mol. The van der Waals surface area contributed by atoms with Crippen LogP contribution in [0.5, 0.6) is 0 Å². The topological polar surface area (TPSA) is 17.1 Å². The monoisotopic (exact) mass is 181 g/mol. The van der Waals surface area contributed by atoms with E-state index in [4.69, 9.17) is 0 Å². The van der Waals surface area contributed by atoms with Gasteiger partial charge in [-0.3, -0.25) is 0 Å². The summed E-state index contributed by atoms with van der Waals surface area (Å²) in [5, 5.41) is 0. The molecule has 2 heteroatoms. The lowest BCUT2D eigenvalue weighted by Crippen LogP contribution is -2.14. The molecule has 64 valence electrons. The maximum atomic E-state index is 10.8. The van der Waals surface area contributed by atoms with Crippen molar-refractivity contribution in [3.05, 3.63) is 35.4 Å². The first-order valence-electron chi connectivity index (χ1n) is 3.94. The van der Waals surface area contributed by atoms with Crippen molar-refractivity contribution in [2.45, 2.75) is 25.5 Å². The molecule has 0 amide bonds. The van der Waals surface area contributed by atoms with E-state index in [1.54, 1.807) is 0 Å². The minimum Gasteiger partial charge on any atom is -0.0588 e. The molecule has 0 radical (unpaired) electrons. The Bertz CT molecular complexity index is 274. The summed E-state index contributed by atoms with van der Waals surface area (Å²) in [6.45, 7) is 5.92. The van der Waals surface area contributed by atoms with E-state index >= 15 is 0 Å². The molecule has 1 aromatic carbocycles. The van der Waals surface area contributed by atoms with Gasteiger partial charge in [0.2, 0.25) is 0 Å². The van der Waals surface area contributed by atoms with Crippen molar-refractivity contribution in [1.82, 2.24) is 0 Å². The molecular formula is C10H13OS+. The Kier molecular flexibility index (Phi) is 2.58. The van der Waals surface area contributed by atoms with Crippen LogP contribution in [0.1, 0.15) is 25.0 Å². The van der Waals surface area contributed by atoms with Crippen molar-refractivity contribution < 1.29 is 4.21 Å². The lowest BCUT2D eigenvalue weighted by molar-refractivity contribution is 0.584. The van der Waals surface area contributed by atoms with E-state index in [1.807, 2.05) is 45.0 Å². The second-order valence-corrected chi connectivity index (χ2v) is 4.65. The second kappa shape index (κ2) is 3.31. The van der Waals surface area contributed by atoms with Crippen LogP contribution in [-0.4, -0.2) is 0 Å². The Balaban J connectivity index is 3.04. The van der Waals surface area contributed by atoms with Gasteiger partial charge in [0.15, 0.2) is 0 Å². The summed E-state index contributed by atoms with van der Waals surface area (Å²) in [4.78, 5) is 0. The van der Waals surface area contributed by atoms with Crippen molar-refractivity contribution in [1.29, 1.82) is 0 Å². The highest BCUT2D eigenvalue weighted by atomic mass is 32.1. The normalized spacial score (nSPS) is 11.2. The van der Waals surface area contributed by atoms with Crippen molar-refractivity contribution >= 4 is 11.7 Å². The maximum Gasteiger partial charge on any atom is 0.469 e. The number of hydrogen-bond donors (Lipinski definition) is 0. The fraction of sp³-hybridized carbons (Fsp3) is 0.400. The molecular weight excluding hydrogens is 168 g/mol. The fourth-order valence-corrected chi connectivity index (χ4v) is 1.24. The minimum atomic E-state index is -0.312. The highest BCUT2D eigenvalue weighted by Crippen LogP contribution is 2.22. The summed E-state index contributed by atoms with van der Waals surface area (Å²) < 4.78 is 10.4. The number of rotatable bonds is 2. The summed E-state index contributed by atoms with van der Waals surface area (Å²) in [5.74, 6) is 0. The fourth-order valence-electron chi connectivity index (χ4n) is 1.00. The first-order chi connectivity index (χ1) is 5.56. The van der Waals surface area contributed by atoms with Crippen LogP contribution in [0.4, 0.5) is 0 Å². The Labute approximate surface area is 77.3 Å². The minimum absolute atomic E-state index is 0.312. The van der Waals surface area contributed by atoms with Crippen LogP contribution in [0.2, 0.25) is 0 Å². The molecule has 1 aromatic rings. The second-order valence-electron chi connectivity index (χ2n) is 3.46. The zero-order chi connectivity index (χ0) is 9.19. The Hall–Kier alpha value is -0.760. The predicted octanol–water partition coefficient (Wildman–Crippen LogP) is 2.66. The van der Waals surface area contributed by atoms with Gasteiger partial charge in [0, 0.05) is 23.6 Å². The van der Waals surface area contributed by atoms with Crippen LogP contribution >= 0.6 is 0 Å². The third kappa shape index (κ3) is 1.89. The van der Waals surface area contributed by atoms with E-state index in [-0.39, 0.29) is 4.75 Å². The number of aryl methyl sites for hydroxylation is 1. The van der Waals surface area contributed by atoms with Crippen LogP contribution in [0.15, 0.2) is 24.3 Å². The third-order valence-electron chi connectivity index (χ3n) is 1.96. The van der Waals surface area contributed by atoms with Gasteiger partial charge < -0.3 is 0 Å². The van der Waals surface area contributed by atoms with E-state index in [9.17, 15) is 4.21 Å². The third-order valence-corrected chi connectivity index (χ3v) is 2.61. The van der Waals surface area contributed by atoms with Crippen LogP contribution in [0, 0.1) is 6.92 Å². The molecule has 0 aliphatic heterocycles. The summed E-state index contributed by atoms with van der Waals surface area (Å²) in [6, 6.07) is 8.10. The summed E-state index contributed by atoms with van der Waals surface area (Å²) in [5.41, 5.74) is 2.32. The molecule has 0 bridgehead atoms. The zero-order valence-corrected chi connectivity index (χ0v) is 8.44. The maximum absolute atomic E-state index is 10.8. The van der Waals surface area contributed by atoms with Gasteiger partial charge in [-0.1, -0.05) is 29.8 Å². The molecule has 0 saturated heterocycles. The summed E-state index contributed by atoms with van der Waals surface area (Å²) in [7, 11) is 0. The molecule has 0 N–H and O–H groups in total. The Morgan fingerprint density at radius 1 is 1.17 bits per heavy atom. The van der Waals surface area contributed by atoms with Crippen molar-refractivity contribution in [3.63, 3.8) is 0 Å². The van der Waals surface area contributed by atoms with Gasteiger partial charge in [-0.05, 0) is 6.92 Å². The Morgan fingerprint density at radius 2 is 1.67 bits per heavy atom. The summed E-state index contributed by atoms with van der Waals surface area (Å²) in [6.07, 6.45) is 0. The van der Waals surface area contributed by atoms with Gasteiger partial charge in [0.25, 0.3) is 4.75 Å². The molecule has 0 atom stereocenters. The van der Waals surface area contributed by atoms with Gasteiger partial charge in [-0.25, -0.2) is 0 Å². The molecule has 0 spiro atoms. The quantitative estimate of drug-likeness (QED) is 0.641. The van der Waals surface area contributed by atoms with Crippen molar-refractivity contribution in [3.8, 4) is 0 Å². The molecule has 0 aliphatic carbocycles. The van der Waals surface area contributed by atoms with Gasteiger partial charge in [-0.15, -0.1) is 0 Å². The first kappa shape index (κ1) is 9.33. The molecule has 0 saturated carbocycles. The molecule has 0 fully saturated rings. The molecule has 0 unspecified atom stereocenters. The zero-order valence-electron chi connectivity index (χ0n) is 7.63.